The van der Waals surface area contributed by atoms with E-state index in [9.17, 15) is 0 Å². The molecule has 4 heteroatoms. The van der Waals surface area contributed by atoms with Crippen molar-refractivity contribution in [2.24, 2.45) is 5.73 Å². The Bertz CT molecular complexity index is 538. The first-order valence-electron chi connectivity index (χ1n) is 5.86. The van der Waals surface area contributed by atoms with E-state index in [0.717, 1.165) is 20.7 Å². The number of hydrogen-bond acceptors (Lipinski definition) is 3. The minimum atomic E-state index is -0.152. The minimum Gasteiger partial charge on any atom is -0.494 e. The predicted octanol–water partition coefficient (Wildman–Crippen LogP) is 4.27. The number of thiophene rings is 1. The lowest BCUT2D eigenvalue weighted by Gasteiger charge is -2.15. The number of ether oxygens (including phenoxy) is 1. The van der Waals surface area contributed by atoms with Crippen LogP contribution in [-0.4, -0.2) is 6.61 Å². The standard InChI is InChI=1S/C14H16BrNOS/c1-3-17-12-7-5-4-6-10(12)13(16)14-11(15)8-9(2)18-14/h4-8,13H,3,16H2,1-2H3. The summed E-state index contributed by atoms with van der Waals surface area (Å²) in [6.45, 7) is 4.71. The molecule has 0 radical (unpaired) electrons. The first-order valence-corrected chi connectivity index (χ1v) is 7.47. The van der Waals surface area contributed by atoms with Crippen LogP contribution in [0.1, 0.15) is 28.3 Å². The molecule has 2 rings (SSSR count). The van der Waals surface area contributed by atoms with Crippen molar-refractivity contribution in [1.82, 2.24) is 0 Å². The summed E-state index contributed by atoms with van der Waals surface area (Å²) in [5, 5.41) is 0. The molecule has 2 N–H and O–H groups in total. The maximum Gasteiger partial charge on any atom is 0.124 e. The molecule has 0 saturated heterocycles. The van der Waals surface area contributed by atoms with Gasteiger partial charge in [0.2, 0.25) is 0 Å². The molecule has 1 aromatic carbocycles. The van der Waals surface area contributed by atoms with Gasteiger partial charge in [-0.3, -0.25) is 0 Å². The van der Waals surface area contributed by atoms with Gasteiger partial charge in [0, 0.05) is 19.8 Å². The zero-order valence-corrected chi connectivity index (χ0v) is 12.8. The van der Waals surface area contributed by atoms with E-state index in [1.165, 1.54) is 4.88 Å². The Morgan fingerprint density at radius 1 is 1.39 bits per heavy atom. The summed E-state index contributed by atoms with van der Waals surface area (Å²) in [7, 11) is 0. The van der Waals surface area contributed by atoms with Crippen molar-refractivity contribution in [1.29, 1.82) is 0 Å². The van der Waals surface area contributed by atoms with E-state index in [0.29, 0.717) is 6.61 Å². The zero-order chi connectivity index (χ0) is 13.1. The van der Waals surface area contributed by atoms with Crippen LogP contribution in [0.2, 0.25) is 0 Å². The summed E-state index contributed by atoms with van der Waals surface area (Å²) in [5.41, 5.74) is 7.39. The van der Waals surface area contributed by atoms with Crippen molar-refractivity contribution >= 4 is 27.3 Å². The van der Waals surface area contributed by atoms with Gasteiger partial charge >= 0.3 is 0 Å². The molecule has 2 nitrogen and oxygen atoms in total. The largest absolute Gasteiger partial charge is 0.494 e. The summed E-state index contributed by atoms with van der Waals surface area (Å²) in [6.07, 6.45) is 0. The second kappa shape index (κ2) is 5.87. The van der Waals surface area contributed by atoms with E-state index >= 15 is 0 Å². The third-order valence-electron chi connectivity index (χ3n) is 2.67. The Morgan fingerprint density at radius 3 is 2.72 bits per heavy atom. The number of aryl methyl sites for hydroxylation is 1. The van der Waals surface area contributed by atoms with E-state index in [2.05, 4.69) is 28.9 Å². The first-order chi connectivity index (χ1) is 8.63. The molecule has 96 valence electrons. The van der Waals surface area contributed by atoms with Crippen molar-refractivity contribution in [3.05, 3.63) is 50.1 Å². The van der Waals surface area contributed by atoms with E-state index in [1.54, 1.807) is 11.3 Å². The average molecular weight is 326 g/mol. The molecule has 1 unspecified atom stereocenters. The highest BCUT2D eigenvalue weighted by Crippen LogP contribution is 2.37. The average Bonchev–Trinajstić information content (AvgIpc) is 2.69. The molecule has 0 spiro atoms. The molecule has 0 aliphatic rings. The van der Waals surface area contributed by atoms with Crippen LogP contribution in [0.5, 0.6) is 5.75 Å². The van der Waals surface area contributed by atoms with Crippen LogP contribution >= 0.6 is 27.3 Å². The highest BCUT2D eigenvalue weighted by molar-refractivity contribution is 9.10. The lowest BCUT2D eigenvalue weighted by atomic mass is 10.1. The highest BCUT2D eigenvalue weighted by atomic mass is 79.9. The molecule has 1 aromatic heterocycles. The number of halogens is 1. The Morgan fingerprint density at radius 2 is 2.11 bits per heavy atom. The second-order valence-electron chi connectivity index (χ2n) is 4.02. The first kappa shape index (κ1) is 13.6. The van der Waals surface area contributed by atoms with E-state index in [4.69, 9.17) is 10.5 Å². The Kier molecular flexibility index (Phi) is 4.43. The van der Waals surface area contributed by atoms with Crippen molar-refractivity contribution in [3.63, 3.8) is 0 Å². The van der Waals surface area contributed by atoms with Gasteiger partial charge in [-0.05, 0) is 41.9 Å². The van der Waals surface area contributed by atoms with E-state index in [1.807, 2.05) is 31.2 Å². The zero-order valence-electron chi connectivity index (χ0n) is 10.4. The predicted molar refractivity (Wildman–Crippen MR) is 80.4 cm³/mol. The molecule has 2 aromatic rings. The van der Waals surface area contributed by atoms with Crippen LogP contribution in [0, 0.1) is 6.92 Å². The number of benzene rings is 1. The molecule has 0 fully saturated rings. The lowest BCUT2D eigenvalue weighted by Crippen LogP contribution is -2.12. The van der Waals surface area contributed by atoms with Gasteiger partial charge in [0.15, 0.2) is 0 Å². The van der Waals surface area contributed by atoms with Gasteiger partial charge in [0.05, 0.1) is 12.6 Å². The maximum absolute atomic E-state index is 6.36. The van der Waals surface area contributed by atoms with Gasteiger partial charge in [-0.15, -0.1) is 11.3 Å². The molecule has 0 saturated carbocycles. The van der Waals surface area contributed by atoms with Crippen LogP contribution in [0.25, 0.3) is 0 Å². The summed E-state index contributed by atoms with van der Waals surface area (Å²) >= 11 is 5.28. The van der Waals surface area contributed by atoms with Gasteiger partial charge in [-0.1, -0.05) is 18.2 Å². The van der Waals surface area contributed by atoms with Gasteiger partial charge in [0.25, 0.3) is 0 Å². The second-order valence-corrected chi connectivity index (χ2v) is 6.16. The van der Waals surface area contributed by atoms with Gasteiger partial charge in [-0.2, -0.15) is 0 Å². The maximum atomic E-state index is 6.36. The molecule has 1 atom stereocenters. The molecule has 0 aliphatic carbocycles. The Hall–Kier alpha value is -0.840. The fourth-order valence-electron chi connectivity index (χ4n) is 1.88. The SMILES string of the molecule is CCOc1ccccc1C(N)c1sc(C)cc1Br. The number of nitrogens with two attached hydrogens (primary N) is 1. The summed E-state index contributed by atoms with van der Waals surface area (Å²) in [4.78, 5) is 2.39. The van der Waals surface area contributed by atoms with Gasteiger partial charge in [-0.25, -0.2) is 0 Å². The quantitative estimate of drug-likeness (QED) is 0.911. The third-order valence-corrected chi connectivity index (χ3v) is 4.72. The molecule has 0 amide bonds. The molecule has 0 aliphatic heterocycles. The Balaban J connectivity index is 2.39. The minimum absolute atomic E-state index is 0.152. The van der Waals surface area contributed by atoms with Crippen LogP contribution in [0.15, 0.2) is 34.8 Å². The normalized spacial score (nSPS) is 12.4. The molecular weight excluding hydrogens is 310 g/mol. The molecular formula is C14H16BrNOS. The summed E-state index contributed by atoms with van der Waals surface area (Å²) in [6, 6.07) is 9.90. The molecule has 18 heavy (non-hydrogen) atoms. The third kappa shape index (κ3) is 2.76. The monoisotopic (exact) mass is 325 g/mol. The molecule has 1 heterocycles. The fraction of sp³-hybridized carbons (Fsp3) is 0.286. The topological polar surface area (TPSA) is 35.2 Å². The van der Waals surface area contributed by atoms with Crippen LogP contribution in [0.3, 0.4) is 0 Å². The fourth-order valence-corrected chi connectivity index (χ4v) is 3.80. The van der Waals surface area contributed by atoms with Crippen LogP contribution < -0.4 is 10.5 Å². The van der Waals surface area contributed by atoms with Crippen molar-refractivity contribution in [2.45, 2.75) is 19.9 Å². The number of rotatable bonds is 4. The highest BCUT2D eigenvalue weighted by Gasteiger charge is 2.18. The van der Waals surface area contributed by atoms with Gasteiger partial charge < -0.3 is 10.5 Å². The lowest BCUT2D eigenvalue weighted by molar-refractivity contribution is 0.335. The van der Waals surface area contributed by atoms with E-state index < -0.39 is 0 Å². The van der Waals surface area contributed by atoms with Crippen molar-refractivity contribution in [3.8, 4) is 5.75 Å². The number of para-hydroxylation sites is 1. The number of hydrogen-bond donors (Lipinski definition) is 1. The Labute approximate surface area is 120 Å². The van der Waals surface area contributed by atoms with Crippen LogP contribution in [0.4, 0.5) is 0 Å². The van der Waals surface area contributed by atoms with Crippen LogP contribution in [-0.2, 0) is 0 Å². The van der Waals surface area contributed by atoms with Crippen molar-refractivity contribution in [2.75, 3.05) is 6.61 Å². The summed E-state index contributed by atoms with van der Waals surface area (Å²) < 4.78 is 6.71. The summed E-state index contributed by atoms with van der Waals surface area (Å²) in [5.74, 6) is 0.866. The molecule has 0 bridgehead atoms. The smallest absolute Gasteiger partial charge is 0.124 e. The van der Waals surface area contributed by atoms with Crippen molar-refractivity contribution < 1.29 is 4.74 Å². The van der Waals surface area contributed by atoms with E-state index in [-0.39, 0.29) is 6.04 Å². The van der Waals surface area contributed by atoms with Gasteiger partial charge in [0.1, 0.15) is 5.75 Å².